The third-order valence-corrected chi connectivity index (χ3v) is 13.3. The van der Waals surface area contributed by atoms with Crippen molar-refractivity contribution in [2.24, 2.45) is 4.99 Å². The van der Waals surface area contributed by atoms with Crippen molar-refractivity contribution in [3.63, 3.8) is 0 Å². The summed E-state index contributed by atoms with van der Waals surface area (Å²) in [6, 6.07) is 6.79. The van der Waals surface area contributed by atoms with Crippen molar-refractivity contribution in [2.75, 3.05) is 13.2 Å². The fourth-order valence-electron chi connectivity index (χ4n) is 7.70. The number of hydrogen-bond acceptors (Lipinski definition) is 3. The van der Waals surface area contributed by atoms with E-state index in [0.29, 0.717) is 36.8 Å². The van der Waals surface area contributed by atoms with Gasteiger partial charge in [0.2, 0.25) is 0 Å². The molecule has 0 amide bonds. The molecule has 0 aliphatic carbocycles. The van der Waals surface area contributed by atoms with Gasteiger partial charge in [-0.3, -0.25) is 4.99 Å². The van der Waals surface area contributed by atoms with Crippen LogP contribution in [-0.2, 0) is 12.8 Å². The predicted molar refractivity (Wildman–Crippen MR) is 237 cm³/mol. The third kappa shape index (κ3) is 15.6. The Labute approximate surface area is 486 Å². The largest absolute Gasteiger partial charge is 0.490 e. The van der Waals surface area contributed by atoms with Gasteiger partial charge >= 0.3 is 107 Å². The number of aryl methyl sites for hydroxylation is 1. The molecule has 530 valence electrons. The SMILES string of the molecule is CCCCCCc1ccc(N=Cc2ccc(OCCCCC(F)(F)C(F)(F)C(F)(F)C(F)(F)C(F)(F)C(F)(F)F)c(OCCCCC(F)(F)C(F)(F)C(F)(F)C(F)(F)C(F)(F)C(F)(F)F)c2CCCCC(F)(F)C(F)(F)C(F)(F)C(F)(F)C(F)(F)C(F)(F)F)cc1. The van der Waals surface area contributed by atoms with Crippen LogP contribution < -0.4 is 9.47 Å². The summed E-state index contributed by atoms with van der Waals surface area (Å²) in [7, 11) is 0. The standard InChI is InChI=1S/C49H44F39NO2/c1-2-3-4-5-12-26-14-17-28(18-15-26)89-25-27-16-19-30(90-23-10-8-21-33(52,53)36(58,59)39(64,65)42(70,71)45(76,77)48(83,84)85)31(91-24-11-9-22-34(54,55)37(60,61)40(66,67)43(72,73)46(78,79)49(86,87)88)29(27)13-6-7-20-32(50,51)35(56,57)38(62,63)41(68,69)44(74,75)47(80,81)82/h14-19,25H,2-13,20-24H2,1H3. The molecule has 0 radical (unpaired) electrons. The highest BCUT2D eigenvalue weighted by atomic mass is 19.5. The number of halogens is 39. The fraction of sp³-hybridized carbons (Fsp3) is 0.735. The number of benzene rings is 2. The molecule has 2 aromatic rings. The molecule has 0 saturated heterocycles. The summed E-state index contributed by atoms with van der Waals surface area (Å²) in [4.78, 5) is 4.01. The van der Waals surface area contributed by atoms with E-state index in [1.54, 1.807) is 0 Å². The maximum atomic E-state index is 14.8. The molecule has 3 nitrogen and oxygen atoms in total. The van der Waals surface area contributed by atoms with Crippen LogP contribution in [0.1, 0.15) is 107 Å². The Hall–Kier alpha value is -5.02. The van der Waals surface area contributed by atoms with Crippen LogP contribution in [0.5, 0.6) is 11.5 Å². The van der Waals surface area contributed by atoms with Gasteiger partial charge in [-0.15, -0.1) is 0 Å². The van der Waals surface area contributed by atoms with E-state index in [-0.39, 0.29) is 5.69 Å². The van der Waals surface area contributed by atoms with Gasteiger partial charge in [-0.25, -0.2) is 0 Å². The minimum absolute atomic E-state index is 0.0668. The second kappa shape index (κ2) is 27.4. The molecule has 0 aliphatic heterocycles. The third-order valence-electron chi connectivity index (χ3n) is 13.3. The lowest BCUT2D eigenvalue weighted by atomic mass is 9.91. The van der Waals surface area contributed by atoms with Crippen molar-refractivity contribution in [1.82, 2.24) is 0 Å². The molecular formula is C49H44F39NO2. The molecule has 0 unspecified atom stereocenters. The molecule has 0 bridgehead atoms. The van der Waals surface area contributed by atoms with Crippen LogP contribution in [0.4, 0.5) is 177 Å². The second-order valence-electron chi connectivity index (χ2n) is 20.0. The smallest absolute Gasteiger partial charge is 0.460 e. The molecule has 2 aromatic carbocycles. The number of alkyl halides is 39. The Balaban J connectivity index is 2.78. The lowest BCUT2D eigenvalue weighted by molar-refractivity contribution is -0.440. The van der Waals surface area contributed by atoms with Gasteiger partial charge in [0.05, 0.1) is 18.9 Å². The monoisotopic (exact) mass is 1420 g/mol. The summed E-state index contributed by atoms with van der Waals surface area (Å²) in [5.74, 6) is -120. The van der Waals surface area contributed by atoms with Crippen molar-refractivity contribution in [3.8, 4) is 11.5 Å². The fourth-order valence-corrected chi connectivity index (χ4v) is 7.70. The van der Waals surface area contributed by atoms with E-state index >= 15 is 0 Å². The van der Waals surface area contributed by atoms with Crippen LogP contribution in [-0.4, -0.2) is 127 Å². The summed E-state index contributed by atoms with van der Waals surface area (Å²) in [6.45, 7) is -1.02. The average Bonchev–Trinajstić information content (AvgIpc) is 0.730. The summed E-state index contributed by atoms with van der Waals surface area (Å²) in [5, 5.41) is 0. The zero-order valence-electron chi connectivity index (χ0n) is 45.1. The minimum Gasteiger partial charge on any atom is -0.490 e. The quantitative estimate of drug-likeness (QED) is 0.0387. The highest BCUT2D eigenvalue weighted by Gasteiger charge is 2.93. The summed E-state index contributed by atoms with van der Waals surface area (Å²) in [5.41, 5.74) is -0.781. The Bertz CT molecular complexity index is 2690. The van der Waals surface area contributed by atoms with Crippen molar-refractivity contribution in [3.05, 3.63) is 53.1 Å². The van der Waals surface area contributed by atoms with Crippen molar-refractivity contribution >= 4 is 11.9 Å². The molecule has 0 heterocycles. The van der Waals surface area contributed by atoms with E-state index in [1.807, 2.05) is 6.92 Å². The Kier molecular flexibility index (Phi) is 24.7. The van der Waals surface area contributed by atoms with Crippen molar-refractivity contribution in [2.45, 2.75) is 211 Å². The number of rotatable bonds is 36. The molecule has 0 fully saturated rings. The van der Waals surface area contributed by atoms with Gasteiger partial charge in [0.1, 0.15) is 0 Å². The first-order chi connectivity index (χ1) is 40.4. The lowest BCUT2D eigenvalue weighted by Gasteiger charge is -2.39. The van der Waals surface area contributed by atoms with Crippen LogP contribution in [0.25, 0.3) is 0 Å². The zero-order valence-corrected chi connectivity index (χ0v) is 45.1. The van der Waals surface area contributed by atoms with Crippen molar-refractivity contribution < 1.29 is 181 Å². The van der Waals surface area contributed by atoms with E-state index in [0.717, 1.165) is 19.3 Å². The van der Waals surface area contributed by atoms with E-state index < -0.39 is 207 Å². The molecule has 42 heteroatoms. The van der Waals surface area contributed by atoms with E-state index in [1.165, 1.54) is 24.3 Å². The first-order valence-corrected chi connectivity index (χ1v) is 25.3. The number of aliphatic imine (C=N–C) groups is 1. The van der Waals surface area contributed by atoms with Crippen molar-refractivity contribution in [1.29, 1.82) is 0 Å². The number of ether oxygens (including phenoxy) is 2. The molecule has 2 rings (SSSR count). The van der Waals surface area contributed by atoms with Gasteiger partial charge in [0.15, 0.2) is 11.5 Å². The maximum absolute atomic E-state index is 14.8. The first-order valence-electron chi connectivity index (χ1n) is 25.3. The number of unbranched alkanes of at least 4 members (excludes halogenated alkanes) is 6. The summed E-state index contributed by atoms with van der Waals surface area (Å²) < 4.78 is 546. The normalized spacial score (nSPS) is 15.3. The molecule has 0 atom stereocenters. The zero-order chi connectivity index (χ0) is 71.6. The predicted octanol–water partition coefficient (Wildman–Crippen LogP) is 21.6. The van der Waals surface area contributed by atoms with Gasteiger partial charge < -0.3 is 9.47 Å². The van der Waals surface area contributed by atoms with Crippen LogP contribution in [0, 0.1) is 0 Å². The highest BCUT2D eigenvalue weighted by molar-refractivity contribution is 5.85. The Morgan fingerprint density at radius 2 is 0.637 bits per heavy atom. The summed E-state index contributed by atoms with van der Waals surface area (Å²) in [6.07, 6.45) is -38.6. The molecule has 0 N–H and O–H groups in total. The number of hydrogen-bond donors (Lipinski definition) is 0. The minimum atomic E-state index is -8.36. The van der Waals surface area contributed by atoms with Crippen LogP contribution in [0.15, 0.2) is 41.4 Å². The maximum Gasteiger partial charge on any atom is 0.460 e. The average molecular weight is 1420 g/mol. The van der Waals surface area contributed by atoms with E-state index in [4.69, 9.17) is 9.47 Å². The van der Waals surface area contributed by atoms with Gasteiger partial charge in [-0.1, -0.05) is 38.3 Å². The second-order valence-corrected chi connectivity index (χ2v) is 20.0. The molecule has 0 spiro atoms. The van der Waals surface area contributed by atoms with Gasteiger partial charge in [0.25, 0.3) is 0 Å². The topological polar surface area (TPSA) is 30.8 Å². The first kappa shape index (κ1) is 82.1. The lowest BCUT2D eigenvalue weighted by Crippen LogP contribution is -2.70. The molecule has 0 saturated carbocycles. The van der Waals surface area contributed by atoms with Gasteiger partial charge in [-0.05, 0) is 93.2 Å². The van der Waals surface area contributed by atoms with Crippen LogP contribution in [0.3, 0.4) is 0 Å². The van der Waals surface area contributed by atoms with Crippen LogP contribution >= 0.6 is 0 Å². The van der Waals surface area contributed by atoms with Gasteiger partial charge in [0, 0.05) is 31.0 Å². The Morgan fingerprint density at radius 3 is 0.978 bits per heavy atom. The molecule has 91 heavy (non-hydrogen) atoms. The highest BCUT2D eigenvalue weighted by Crippen LogP contribution is 2.64. The molecular weight excluding hydrogens is 1380 g/mol. The van der Waals surface area contributed by atoms with E-state index in [2.05, 4.69) is 4.99 Å². The molecule has 0 aliphatic rings. The van der Waals surface area contributed by atoms with Crippen LogP contribution in [0.2, 0.25) is 0 Å². The van der Waals surface area contributed by atoms with Gasteiger partial charge in [-0.2, -0.15) is 171 Å². The Morgan fingerprint density at radius 1 is 0.319 bits per heavy atom. The van der Waals surface area contributed by atoms with E-state index in [9.17, 15) is 171 Å². The number of nitrogens with zero attached hydrogens (tertiary/aromatic N) is 1. The summed E-state index contributed by atoms with van der Waals surface area (Å²) >= 11 is 0. The molecule has 0 aromatic heterocycles.